The van der Waals surface area contributed by atoms with E-state index in [9.17, 15) is 18.4 Å². The van der Waals surface area contributed by atoms with Crippen LogP contribution >= 0.6 is 0 Å². The number of benzene rings is 1. The molecule has 0 aliphatic rings. The number of nitrogens with zero attached hydrogens (tertiary/aromatic N) is 1. The zero-order chi connectivity index (χ0) is 15.3. The number of amides is 2. The molecule has 110 valence electrons. The molecule has 0 bridgehead atoms. The SMILES string of the molecule is CCN(C(=O)Nc1cccc(F)c1F)C(C)CC(=O)O. The molecule has 0 fully saturated rings. The fraction of sp³-hybridized carbons (Fsp3) is 0.385. The van der Waals surface area contributed by atoms with Crippen LogP contribution in [0.3, 0.4) is 0 Å². The van der Waals surface area contributed by atoms with Crippen LogP contribution in [-0.2, 0) is 4.79 Å². The highest BCUT2D eigenvalue weighted by atomic mass is 19.2. The second-order valence-corrected chi connectivity index (χ2v) is 4.26. The van der Waals surface area contributed by atoms with Crippen molar-refractivity contribution in [3.8, 4) is 0 Å². The van der Waals surface area contributed by atoms with Gasteiger partial charge in [0.1, 0.15) is 0 Å². The molecule has 5 nitrogen and oxygen atoms in total. The Morgan fingerprint density at radius 2 is 2.05 bits per heavy atom. The Kier molecular flexibility index (Phi) is 5.42. The lowest BCUT2D eigenvalue weighted by atomic mass is 10.2. The minimum Gasteiger partial charge on any atom is -0.481 e. The molecule has 1 atom stereocenters. The van der Waals surface area contributed by atoms with Gasteiger partial charge in [-0.3, -0.25) is 4.79 Å². The first-order valence-electron chi connectivity index (χ1n) is 6.10. The van der Waals surface area contributed by atoms with Crippen molar-refractivity contribution in [3.63, 3.8) is 0 Å². The minimum atomic E-state index is -1.15. The van der Waals surface area contributed by atoms with Gasteiger partial charge in [-0.15, -0.1) is 0 Å². The number of carbonyl (C=O) groups excluding carboxylic acids is 1. The Bertz CT molecular complexity index is 508. The first kappa shape index (κ1) is 15.9. The number of nitrogens with one attached hydrogen (secondary N) is 1. The van der Waals surface area contributed by atoms with Gasteiger partial charge in [-0.2, -0.15) is 0 Å². The molecule has 1 unspecified atom stereocenters. The molecule has 0 saturated heterocycles. The molecule has 2 amide bonds. The van der Waals surface area contributed by atoms with Crippen molar-refractivity contribution in [2.24, 2.45) is 0 Å². The van der Waals surface area contributed by atoms with Gasteiger partial charge >= 0.3 is 12.0 Å². The van der Waals surface area contributed by atoms with Crippen molar-refractivity contribution in [2.75, 3.05) is 11.9 Å². The highest BCUT2D eigenvalue weighted by molar-refractivity contribution is 5.90. The number of urea groups is 1. The number of halogens is 2. The molecule has 1 aromatic rings. The smallest absolute Gasteiger partial charge is 0.322 e. The van der Waals surface area contributed by atoms with Crippen LogP contribution in [0.2, 0.25) is 0 Å². The Hall–Kier alpha value is -2.18. The van der Waals surface area contributed by atoms with E-state index in [1.165, 1.54) is 17.0 Å². The Labute approximate surface area is 115 Å². The van der Waals surface area contributed by atoms with Gasteiger partial charge in [-0.05, 0) is 26.0 Å². The maximum absolute atomic E-state index is 13.4. The average molecular weight is 286 g/mol. The van der Waals surface area contributed by atoms with Gasteiger partial charge in [-0.1, -0.05) is 6.07 Å². The molecule has 0 radical (unpaired) electrons. The van der Waals surface area contributed by atoms with Crippen molar-refractivity contribution in [3.05, 3.63) is 29.8 Å². The summed E-state index contributed by atoms with van der Waals surface area (Å²) in [5.74, 6) is -3.26. The van der Waals surface area contributed by atoms with Crippen LogP contribution in [0.4, 0.5) is 19.3 Å². The molecule has 0 aromatic heterocycles. The maximum Gasteiger partial charge on any atom is 0.322 e. The topological polar surface area (TPSA) is 69.6 Å². The Morgan fingerprint density at radius 3 is 2.60 bits per heavy atom. The van der Waals surface area contributed by atoms with Crippen LogP contribution in [0.1, 0.15) is 20.3 Å². The van der Waals surface area contributed by atoms with Crippen LogP contribution in [0.25, 0.3) is 0 Å². The summed E-state index contributed by atoms with van der Waals surface area (Å²) in [7, 11) is 0. The van der Waals surface area contributed by atoms with E-state index in [-0.39, 0.29) is 18.7 Å². The summed E-state index contributed by atoms with van der Waals surface area (Å²) in [6.45, 7) is 3.48. The monoisotopic (exact) mass is 286 g/mol. The highest BCUT2D eigenvalue weighted by Gasteiger charge is 2.22. The van der Waals surface area contributed by atoms with E-state index >= 15 is 0 Å². The van der Waals surface area contributed by atoms with E-state index < -0.39 is 29.7 Å². The number of carboxylic acids is 1. The molecular weight excluding hydrogens is 270 g/mol. The van der Waals surface area contributed by atoms with E-state index in [0.29, 0.717) is 0 Å². The molecule has 0 aliphatic heterocycles. The molecule has 0 spiro atoms. The quantitative estimate of drug-likeness (QED) is 0.874. The summed E-state index contributed by atoms with van der Waals surface area (Å²) >= 11 is 0. The number of rotatable bonds is 5. The van der Waals surface area contributed by atoms with Gasteiger partial charge in [0.05, 0.1) is 12.1 Å². The van der Waals surface area contributed by atoms with E-state index in [1.54, 1.807) is 13.8 Å². The predicted molar refractivity (Wildman–Crippen MR) is 69.5 cm³/mol. The Balaban J connectivity index is 2.82. The first-order valence-corrected chi connectivity index (χ1v) is 6.10. The van der Waals surface area contributed by atoms with Gasteiger partial charge in [0.2, 0.25) is 0 Å². The lowest BCUT2D eigenvalue weighted by molar-refractivity contribution is -0.137. The van der Waals surface area contributed by atoms with E-state index in [2.05, 4.69) is 5.32 Å². The standard InChI is InChI=1S/C13H16F2N2O3/c1-3-17(8(2)7-11(18)19)13(20)16-10-6-4-5-9(14)12(10)15/h4-6,8H,3,7H2,1-2H3,(H,16,20)(H,18,19). The van der Waals surface area contributed by atoms with Crippen molar-refractivity contribution < 1.29 is 23.5 Å². The van der Waals surface area contributed by atoms with Gasteiger partial charge < -0.3 is 15.3 Å². The largest absolute Gasteiger partial charge is 0.481 e. The molecular formula is C13H16F2N2O3. The molecule has 0 saturated carbocycles. The van der Waals surface area contributed by atoms with Crippen LogP contribution in [0.15, 0.2) is 18.2 Å². The van der Waals surface area contributed by atoms with Gasteiger partial charge in [-0.25, -0.2) is 13.6 Å². The number of hydrogen-bond donors (Lipinski definition) is 2. The second kappa shape index (κ2) is 6.83. The zero-order valence-electron chi connectivity index (χ0n) is 11.2. The summed E-state index contributed by atoms with van der Waals surface area (Å²) in [4.78, 5) is 23.8. The van der Waals surface area contributed by atoms with Gasteiger partial charge in [0.25, 0.3) is 0 Å². The molecule has 0 heterocycles. The molecule has 1 rings (SSSR count). The number of carboxylic acid groups (broad SMARTS) is 1. The predicted octanol–water partition coefficient (Wildman–Crippen LogP) is 2.68. The van der Waals surface area contributed by atoms with Crippen LogP contribution in [0.5, 0.6) is 0 Å². The van der Waals surface area contributed by atoms with Crippen LogP contribution < -0.4 is 5.32 Å². The minimum absolute atomic E-state index is 0.229. The molecule has 2 N–H and O–H groups in total. The molecule has 1 aromatic carbocycles. The normalized spacial score (nSPS) is 11.8. The number of anilines is 1. The van der Waals surface area contributed by atoms with Crippen molar-refractivity contribution in [1.29, 1.82) is 0 Å². The average Bonchev–Trinajstić information content (AvgIpc) is 2.35. The van der Waals surface area contributed by atoms with Crippen molar-refractivity contribution in [2.45, 2.75) is 26.3 Å². The van der Waals surface area contributed by atoms with Crippen molar-refractivity contribution >= 4 is 17.7 Å². The third-order valence-corrected chi connectivity index (χ3v) is 2.80. The van der Waals surface area contributed by atoms with Crippen LogP contribution in [0, 0.1) is 11.6 Å². The first-order chi connectivity index (χ1) is 9.36. The van der Waals surface area contributed by atoms with Crippen LogP contribution in [-0.4, -0.2) is 34.6 Å². The highest BCUT2D eigenvalue weighted by Crippen LogP contribution is 2.17. The lowest BCUT2D eigenvalue weighted by Gasteiger charge is -2.27. The number of carbonyl (C=O) groups is 2. The third kappa shape index (κ3) is 3.91. The maximum atomic E-state index is 13.4. The summed E-state index contributed by atoms with van der Waals surface area (Å²) in [5, 5.41) is 10.9. The summed E-state index contributed by atoms with van der Waals surface area (Å²) in [6, 6.07) is 2.20. The van der Waals surface area contributed by atoms with Gasteiger partial charge in [0, 0.05) is 12.6 Å². The fourth-order valence-corrected chi connectivity index (χ4v) is 1.81. The van der Waals surface area contributed by atoms with E-state index in [0.717, 1.165) is 6.07 Å². The summed E-state index contributed by atoms with van der Waals surface area (Å²) in [6.07, 6.45) is -0.229. The Morgan fingerprint density at radius 1 is 1.40 bits per heavy atom. The van der Waals surface area contributed by atoms with Crippen molar-refractivity contribution in [1.82, 2.24) is 4.90 Å². The van der Waals surface area contributed by atoms with Gasteiger partial charge in [0.15, 0.2) is 11.6 Å². The third-order valence-electron chi connectivity index (χ3n) is 2.80. The van der Waals surface area contributed by atoms with E-state index in [4.69, 9.17) is 5.11 Å². The fourth-order valence-electron chi connectivity index (χ4n) is 1.81. The molecule has 20 heavy (non-hydrogen) atoms. The molecule has 7 heteroatoms. The number of hydrogen-bond acceptors (Lipinski definition) is 2. The summed E-state index contributed by atoms with van der Waals surface area (Å²) in [5.41, 5.74) is -0.282. The zero-order valence-corrected chi connectivity index (χ0v) is 11.2. The second-order valence-electron chi connectivity index (χ2n) is 4.26. The summed E-state index contributed by atoms with van der Waals surface area (Å²) < 4.78 is 26.5. The number of aliphatic carboxylic acids is 1. The molecule has 0 aliphatic carbocycles. The lowest BCUT2D eigenvalue weighted by Crippen LogP contribution is -2.42. The van der Waals surface area contributed by atoms with E-state index in [1.807, 2.05) is 0 Å².